The van der Waals surface area contributed by atoms with Crippen molar-refractivity contribution < 1.29 is 19.5 Å². The molecule has 0 heterocycles. The number of carboxylic acids is 1. The van der Waals surface area contributed by atoms with E-state index in [0.717, 1.165) is 5.56 Å². The van der Waals surface area contributed by atoms with Crippen LogP contribution >= 0.6 is 0 Å². The van der Waals surface area contributed by atoms with Gasteiger partial charge in [0, 0.05) is 0 Å². The van der Waals surface area contributed by atoms with Crippen molar-refractivity contribution in [2.24, 2.45) is 5.73 Å². The number of rotatable bonds is 7. The van der Waals surface area contributed by atoms with Gasteiger partial charge in [-0.25, -0.2) is 0 Å². The molecule has 0 fully saturated rings. The van der Waals surface area contributed by atoms with Gasteiger partial charge < -0.3 is 21.5 Å². The number of nitrogens with two attached hydrogens (primary N) is 1. The van der Waals surface area contributed by atoms with Crippen molar-refractivity contribution in [2.45, 2.75) is 12.5 Å². The van der Waals surface area contributed by atoms with Gasteiger partial charge in [-0.2, -0.15) is 0 Å². The summed E-state index contributed by atoms with van der Waals surface area (Å²) < 4.78 is 0. The average molecular weight is 279 g/mol. The summed E-state index contributed by atoms with van der Waals surface area (Å²) in [5.41, 5.74) is 6.64. The molecule has 7 nitrogen and oxygen atoms in total. The molecule has 0 saturated carbocycles. The standard InChI is InChI=1S/C13H17N3O4/c14-10(6-9-4-2-1-3-5-9)13(20)16-7-11(17)15-8-12(18)19/h1-5,10H,6-8,14H2,(H,15,17)(H,16,20)(H,18,19)/t10-/m1/s1. The van der Waals surface area contributed by atoms with Gasteiger partial charge in [-0.15, -0.1) is 0 Å². The van der Waals surface area contributed by atoms with Gasteiger partial charge in [0.05, 0.1) is 12.6 Å². The molecule has 7 heteroatoms. The number of hydrogen-bond acceptors (Lipinski definition) is 4. The second-order valence-corrected chi connectivity index (χ2v) is 4.18. The Morgan fingerprint density at radius 3 is 2.35 bits per heavy atom. The van der Waals surface area contributed by atoms with E-state index in [9.17, 15) is 14.4 Å². The topological polar surface area (TPSA) is 122 Å². The molecule has 5 N–H and O–H groups in total. The van der Waals surface area contributed by atoms with Gasteiger partial charge in [0.1, 0.15) is 6.54 Å². The Labute approximate surface area is 116 Å². The Balaban J connectivity index is 2.31. The fourth-order valence-electron chi connectivity index (χ4n) is 1.50. The maximum atomic E-state index is 11.7. The van der Waals surface area contributed by atoms with Crippen molar-refractivity contribution in [1.29, 1.82) is 0 Å². The van der Waals surface area contributed by atoms with Gasteiger partial charge in [0.2, 0.25) is 11.8 Å². The van der Waals surface area contributed by atoms with Crippen LogP contribution < -0.4 is 16.4 Å². The molecule has 1 atom stereocenters. The minimum atomic E-state index is -1.15. The quantitative estimate of drug-likeness (QED) is 0.503. The van der Waals surface area contributed by atoms with Crippen LogP contribution in [0.4, 0.5) is 0 Å². The molecule has 0 bridgehead atoms. The smallest absolute Gasteiger partial charge is 0.322 e. The molecule has 0 aromatic heterocycles. The Bertz CT molecular complexity index is 476. The number of amides is 2. The largest absolute Gasteiger partial charge is 0.480 e. The molecular formula is C13H17N3O4. The van der Waals surface area contributed by atoms with Crippen LogP contribution in [0.25, 0.3) is 0 Å². The summed E-state index contributed by atoms with van der Waals surface area (Å²) in [6.07, 6.45) is 0.365. The van der Waals surface area contributed by atoms with Crippen LogP contribution in [0.15, 0.2) is 30.3 Å². The predicted octanol–water partition coefficient (Wildman–Crippen LogP) is -1.13. The van der Waals surface area contributed by atoms with Crippen molar-refractivity contribution >= 4 is 17.8 Å². The molecule has 0 aliphatic carbocycles. The van der Waals surface area contributed by atoms with Crippen LogP contribution in [-0.4, -0.2) is 42.0 Å². The van der Waals surface area contributed by atoms with Gasteiger partial charge in [-0.05, 0) is 12.0 Å². The van der Waals surface area contributed by atoms with Gasteiger partial charge in [-0.1, -0.05) is 30.3 Å². The van der Waals surface area contributed by atoms with E-state index in [-0.39, 0.29) is 6.54 Å². The fourth-order valence-corrected chi connectivity index (χ4v) is 1.50. The van der Waals surface area contributed by atoms with Crippen molar-refractivity contribution in [2.75, 3.05) is 13.1 Å². The van der Waals surface area contributed by atoms with Crippen molar-refractivity contribution in [3.63, 3.8) is 0 Å². The number of hydrogen-bond donors (Lipinski definition) is 4. The fraction of sp³-hybridized carbons (Fsp3) is 0.308. The van der Waals surface area contributed by atoms with Crippen LogP contribution in [0, 0.1) is 0 Å². The minimum Gasteiger partial charge on any atom is -0.480 e. The third-order valence-electron chi connectivity index (χ3n) is 2.50. The highest BCUT2D eigenvalue weighted by atomic mass is 16.4. The van der Waals surface area contributed by atoms with E-state index in [0.29, 0.717) is 6.42 Å². The Hall–Kier alpha value is -2.41. The molecular weight excluding hydrogens is 262 g/mol. The highest BCUT2D eigenvalue weighted by molar-refractivity contribution is 5.88. The third kappa shape index (κ3) is 5.96. The Morgan fingerprint density at radius 2 is 1.75 bits per heavy atom. The van der Waals surface area contributed by atoms with Crippen molar-refractivity contribution in [3.05, 3.63) is 35.9 Å². The summed E-state index contributed by atoms with van der Waals surface area (Å²) in [5.74, 6) is -2.18. The third-order valence-corrected chi connectivity index (χ3v) is 2.50. The number of carbonyl (C=O) groups excluding carboxylic acids is 2. The van der Waals surface area contributed by atoms with E-state index in [1.807, 2.05) is 30.3 Å². The van der Waals surface area contributed by atoms with Gasteiger partial charge in [0.25, 0.3) is 0 Å². The zero-order valence-electron chi connectivity index (χ0n) is 10.8. The lowest BCUT2D eigenvalue weighted by Gasteiger charge is -2.12. The average Bonchev–Trinajstić information content (AvgIpc) is 2.43. The van der Waals surface area contributed by atoms with E-state index >= 15 is 0 Å². The first-order chi connectivity index (χ1) is 9.49. The maximum Gasteiger partial charge on any atom is 0.322 e. The SMILES string of the molecule is N[C@H](Cc1ccccc1)C(=O)NCC(=O)NCC(=O)O. The molecule has 0 unspecified atom stereocenters. The lowest BCUT2D eigenvalue weighted by molar-refractivity contribution is -0.137. The van der Waals surface area contributed by atoms with Gasteiger partial charge >= 0.3 is 5.97 Å². The molecule has 0 aliphatic heterocycles. The van der Waals surface area contributed by atoms with E-state index in [1.165, 1.54) is 0 Å². The van der Waals surface area contributed by atoms with E-state index in [1.54, 1.807) is 0 Å². The zero-order valence-corrected chi connectivity index (χ0v) is 10.8. The van der Waals surface area contributed by atoms with Crippen molar-refractivity contribution in [3.8, 4) is 0 Å². The second-order valence-electron chi connectivity index (χ2n) is 4.18. The summed E-state index contributed by atoms with van der Waals surface area (Å²) in [5, 5.41) is 12.9. The molecule has 0 spiro atoms. The van der Waals surface area contributed by atoms with Crippen molar-refractivity contribution in [1.82, 2.24) is 10.6 Å². The lowest BCUT2D eigenvalue weighted by Crippen LogP contribution is -2.46. The molecule has 1 rings (SSSR count). The van der Waals surface area contributed by atoms with Gasteiger partial charge in [-0.3, -0.25) is 14.4 Å². The highest BCUT2D eigenvalue weighted by Crippen LogP contribution is 2.01. The maximum absolute atomic E-state index is 11.7. The number of carbonyl (C=O) groups is 3. The highest BCUT2D eigenvalue weighted by Gasteiger charge is 2.14. The minimum absolute atomic E-state index is 0.297. The van der Waals surface area contributed by atoms with Crippen LogP contribution in [0.2, 0.25) is 0 Å². The van der Waals surface area contributed by atoms with E-state index in [4.69, 9.17) is 10.8 Å². The molecule has 0 aliphatic rings. The molecule has 20 heavy (non-hydrogen) atoms. The van der Waals surface area contributed by atoms with E-state index < -0.39 is 30.4 Å². The van der Waals surface area contributed by atoms with Crippen LogP contribution in [0.3, 0.4) is 0 Å². The first-order valence-corrected chi connectivity index (χ1v) is 6.04. The van der Waals surface area contributed by atoms with Crippen LogP contribution in [-0.2, 0) is 20.8 Å². The molecule has 1 aromatic rings. The summed E-state index contributed by atoms with van der Waals surface area (Å²) >= 11 is 0. The predicted molar refractivity (Wildman–Crippen MR) is 71.8 cm³/mol. The lowest BCUT2D eigenvalue weighted by atomic mass is 10.1. The number of nitrogens with one attached hydrogen (secondary N) is 2. The second kappa shape index (κ2) is 7.90. The Kier molecular flexibility index (Phi) is 6.18. The molecule has 2 amide bonds. The molecule has 1 aromatic carbocycles. The van der Waals surface area contributed by atoms with Gasteiger partial charge in [0.15, 0.2) is 0 Å². The summed E-state index contributed by atoms with van der Waals surface area (Å²) in [4.78, 5) is 33.1. The van der Waals surface area contributed by atoms with Crippen LogP contribution in [0.1, 0.15) is 5.56 Å². The number of aliphatic carboxylic acids is 1. The molecule has 108 valence electrons. The summed E-state index contributed by atoms with van der Waals surface area (Å²) in [6, 6.07) is 8.50. The zero-order chi connectivity index (χ0) is 15.0. The van der Waals surface area contributed by atoms with Crippen LogP contribution in [0.5, 0.6) is 0 Å². The monoisotopic (exact) mass is 279 g/mol. The number of carboxylic acid groups (broad SMARTS) is 1. The number of benzene rings is 1. The first-order valence-electron chi connectivity index (χ1n) is 6.04. The molecule has 0 radical (unpaired) electrons. The normalized spacial score (nSPS) is 11.4. The summed E-state index contributed by atoms with van der Waals surface area (Å²) in [7, 11) is 0. The summed E-state index contributed by atoms with van der Waals surface area (Å²) in [6.45, 7) is -0.778. The van der Waals surface area contributed by atoms with E-state index in [2.05, 4.69) is 10.6 Å². The Morgan fingerprint density at radius 1 is 1.10 bits per heavy atom. The first kappa shape index (κ1) is 15.6. The molecule has 0 saturated heterocycles.